The van der Waals surface area contributed by atoms with E-state index in [1.54, 1.807) is 0 Å². The molecule has 0 aliphatic rings. The minimum absolute atomic E-state index is 1.23. The molecule has 0 radical (unpaired) electrons. The van der Waals surface area contributed by atoms with Crippen molar-refractivity contribution in [1.82, 2.24) is 0 Å². The van der Waals surface area contributed by atoms with E-state index in [1.807, 2.05) is 0 Å². The Kier molecular flexibility index (Phi) is 4.37. The predicted octanol–water partition coefficient (Wildman–Crippen LogP) is 5.82. The number of nitrogens with zero attached hydrogens (tertiary/aromatic N) is 1. The van der Waals surface area contributed by atoms with Gasteiger partial charge in [0.1, 0.15) is 7.05 Å². The number of aryl methyl sites for hydroxylation is 2. The van der Waals surface area contributed by atoms with E-state index in [1.165, 1.54) is 39.1 Å². The molecule has 0 bridgehead atoms. The molecule has 3 aromatic carbocycles. The van der Waals surface area contributed by atoms with E-state index in [2.05, 4.69) is 116 Å². The second kappa shape index (κ2) is 6.97. The maximum Gasteiger partial charge on any atom is 0.213 e. The molecule has 0 spiro atoms. The molecule has 0 saturated carbocycles. The Morgan fingerprint density at radius 3 is 1.73 bits per heavy atom. The third-order valence-corrected chi connectivity index (χ3v) is 4.87. The molecule has 0 aliphatic heterocycles. The van der Waals surface area contributed by atoms with Crippen molar-refractivity contribution in [2.75, 3.05) is 0 Å². The van der Waals surface area contributed by atoms with Crippen molar-refractivity contribution in [2.24, 2.45) is 7.05 Å². The van der Waals surface area contributed by atoms with Gasteiger partial charge in [0.2, 0.25) is 5.69 Å². The van der Waals surface area contributed by atoms with Crippen LogP contribution in [0.5, 0.6) is 0 Å². The van der Waals surface area contributed by atoms with Crippen LogP contribution in [0.1, 0.15) is 5.56 Å². The van der Waals surface area contributed by atoms with Crippen LogP contribution >= 0.6 is 0 Å². The van der Waals surface area contributed by atoms with Gasteiger partial charge in [-0.1, -0.05) is 72.8 Å². The SMILES string of the molecule is Cc1cc(-c2ccccc2)ccc1-c1cc(-c2ccccc2)cc[n+]1C. The minimum atomic E-state index is 1.23. The molecule has 0 unspecified atom stereocenters. The number of hydrogen-bond donors (Lipinski definition) is 0. The van der Waals surface area contributed by atoms with E-state index >= 15 is 0 Å². The number of benzene rings is 3. The van der Waals surface area contributed by atoms with Crippen molar-refractivity contribution in [3.05, 3.63) is 103 Å². The van der Waals surface area contributed by atoms with Crippen molar-refractivity contribution >= 4 is 0 Å². The summed E-state index contributed by atoms with van der Waals surface area (Å²) in [5.74, 6) is 0. The van der Waals surface area contributed by atoms with Crippen LogP contribution in [-0.4, -0.2) is 0 Å². The lowest BCUT2D eigenvalue weighted by atomic mass is 9.96. The highest BCUT2D eigenvalue weighted by Gasteiger charge is 2.14. The summed E-state index contributed by atoms with van der Waals surface area (Å²) < 4.78 is 2.19. The molecule has 1 heterocycles. The molecule has 26 heavy (non-hydrogen) atoms. The quantitative estimate of drug-likeness (QED) is 0.415. The lowest BCUT2D eigenvalue weighted by Gasteiger charge is -2.09. The third kappa shape index (κ3) is 3.16. The fraction of sp³-hybridized carbons (Fsp3) is 0.0800. The maximum absolute atomic E-state index is 2.28. The van der Waals surface area contributed by atoms with Crippen molar-refractivity contribution in [3.63, 3.8) is 0 Å². The molecule has 1 nitrogen and oxygen atoms in total. The molecule has 1 aromatic heterocycles. The third-order valence-electron chi connectivity index (χ3n) is 4.87. The Bertz CT molecular complexity index is 1030. The van der Waals surface area contributed by atoms with Crippen molar-refractivity contribution in [2.45, 2.75) is 6.92 Å². The molecule has 0 N–H and O–H groups in total. The van der Waals surface area contributed by atoms with Crippen LogP contribution in [0.15, 0.2) is 97.2 Å². The van der Waals surface area contributed by atoms with Gasteiger partial charge in [-0.3, -0.25) is 0 Å². The summed E-state index contributed by atoms with van der Waals surface area (Å²) in [7, 11) is 2.11. The molecule has 0 saturated heterocycles. The van der Waals surface area contributed by atoms with Crippen molar-refractivity contribution in [3.8, 4) is 33.5 Å². The fourth-order valence-corrected chi connectivity index (χ4v) is 3.41. The van der Waals surface area contributed by atoms with Gasteiger partial charge in [0.25, 0.3) is 0 Å². The summed E-state index contributed by atoms with van der Waals surface area (Å²) in [5.41, 5.74) is 8.78. The molecular formula is C25H22N+. The first-order valence-electron chi connectivity index (χ1n) is 8.94. The van der Waals surface area contributed by atoms with E-state index in [4.69, 9.17) is 0 Å². The number of hydrogen-bond acceptors (Lipinski definition) is 0. The van der Waals surface area contributed by atoms with Gasteiger partial charge in [-0.25, -0.2) is 4.57 Å². The molecule has 4 aromatic rings. The monoisotopic (exact) mass is 336 g/mol. The lowest BCUT2D eigenvalue weighted by Crippen LogP contribution is -2.30. The topological polar surface area (TPSA) is 3.88 Å². The zero-order chi connectivity index (χ0) is 17.9. The average molecular weight is 336 g/mol. The van der Waals surface area contributed by atoms with Crippen LogP contribution in [0.3, 0.4) is 0 Å². The van der Waals surface area contributed by atoms with Gasteiger partial charge in [0, 0.05) is 17.7 Å². The average Bonchev–Trinajstić information content (AvgIpc) is 2.70. The summed E-state index contributed by atoms with van der Waals surface area (Å²) in [6.07, 6.45) is 2.14. The van der Waals surface area contributed by atoms with Crippen molar-refractivity contribution < 1.29 is 4.57 Å². The number of pyridine rings is 1. The van der Waals surface area contributed by atoms with Crippen LogP contribution in [-0.2, 0) is 7.05 Å². The van der Waals surface area contributed by atoms with Gasteiger partial charge in [0.15, 0.2) is 6.20 Å². The van der Waals surface area contributed by atoms with E-state index in [-0.39, 0.29) is 0 Å². The highest BCUT2D eigenvalue weighted by atomic mass is 14.9. The zero-order valence-corrected chi connectivity index (χ0v) is 15.2. The summed E-state index contributed by atoms with van der Waals surface area (Å²) in [4.78, 5) is 0. The molecule has 126 valence electrons. The smallest absolute Gasteiger partial charge is 0.201 e. The largest absolute Gasteiger partial charge is 0.213 e. The molecule has 0 atom stereocenters. The zero-order valence-electron chi connectivity index (χ0n) is 15.2. The normalized spacial score (nSPS) is 10.7. The highest BCUT2D eigenvalue weighted by molar-refractivity contribution is 5.73. The van der Waals surface area contributed by atoms with Gasteiger partial charge >= 0.3 is 0 Å². The lowest BCUT2D eigenvalue weighted by molar-refractivity contribution is -0.660. The van der Waals surface area contributed by atoms with Gasteiger partial charge in [-0.05, 0) is 40.8 Å². The van der Waals surface area contributed by atoms with Crippen LogP contribution in [0.25, 0.3) is 33.5 Å². The standard InChI is InChI=1S/C25H22N/c1-19-17-22(20-9-5-3-6-10-20)13-14-24(19)25-18-23(15-16-26(25)2)21-11-7-4-8-12-21/h3-18H,1-2H3/q+1. The summed E-state index contributed by atoms with van der Waals surface area (Å²) in [5, 5.41) is 0. The fourth-order valence-electron chi connectivity index (χ4n) is 3.41. The first-order valence-corrected chi connectivity index (χ1v) is 8.94. The Hall–Kier alpha value is -3.19. The minimum Gasteiger partial charge on any atom is -0.201 e. The van der Waals surface area contributed by atoms with Gasteiger partial charge in [0.05, 0.1) is 0 Å². The summed E-state index contributed by atoms with van der Waals surface area (Å²) in [6.45, 7) is 2.19. The first-order chi connectivity index (χ1) is 12.7. The number of aromatic nitrogens is 1. The molecule has 0 aliphatic carbocycles. The molecular weight excluding hydrogens is 314 g/mol. The van der Waals surface area contributed by atoms with Crippen LogP contribution in [0, 0.1) is 6.92 Å². The van der Waals surface area contributed by atoms with Crippen LogP contribution in [0.4, 0.5) is 0 Å². The Balaban J connectivity index is 1.78. The molecule has 4 rings (SSSR count). The maximum atomic E-state index is 2.28. The molecule has 0 amide bonds. The Labute approximate surface area is 155 Å². The summed E-state index contributed by atoms with van der Waals surface area (Å²) >= 11 is 0. The van der Waals surface area contributed by atoms with E-state index in [9.17, 15) is 0 Å². The molecule has 1 heteroatoms. The second-order valence-corrected chi connectivity index (χ2v) is 6.67. The van der Waals surface area contributed by atoms with Crippen molar-refractivity contribution in [1.29, 1.82) is 0 Å². The Morgan fingerprint density at radius 1 is 0.577 bits per heavy atom. The van der Waals surface area contributed by atoms with Crippen LogP contribution in [0.2, 0.25) is 0 Å². The van der Waals surface area contributed by atoms with E-state index in [0.717, 1.165) is 0 Å². The summed E-state index contributed by atoms with van der Waals surface area (Å²) in [6, 6.07) is 32.3. The first kappa shape index (κ1) is 16.3. The van der Waals surface area contributed by atoms with Gasteiger partial charge in [-0.2, -0.15) is 0 Å². The predicted molar refractivity (Wildman–Crippen MR) is 109 cm³/mol. The molecule has 0 fully saturated rings. The van der Waals surface area contributed by atoms with Gasteiger partial charge < -0.3 is 0 Å². The Morgan fingerprint density at radius 2 is 1.15 bits per heavy atom. The highest BCUT2D eigenvalue weighted by Crippen LogP contribution is 2.29. The van der Waals surface area contributed by atoms with E-state index < -0.39 is 0 Å². The second-order valence-electron chi connectivity index (χ2n) is 6.67. The van der Waals surface area contributed by atoms with E-state index in [0.29, 0.717) is 0 Å². The number of rotatable bonds is 3. The van der Waals surface area contributed by atoms with Gasteiger partial charge in [-0.15, -0.1) is 0 Å². The van der Waals surface area contributed by atoms with Crippen LogP contribution < -0.4 is 4.57 Å².